The molecule has 1 aliphatic rings. The molecule has 0 bridgehead atoms. The highest BCUT2D eigenvalue weighted by Crippen LogP contribution is 2.39. The lowest BCUT2D eigenvalue weighted by Gasteiger charge is -2.29. The zero-order chi connectivity index (χ0) is 18.0. The first-order valence-corrected chi connectivity index (χ1v) is 8.32. The zero-order valence-corrected chi connectivity index (χ0v) is 14.0. The highest BCUT2D eigenvalue weighted by atomic mass is 19.1. The number of carbonyl (C=O) groups excluding carboxylic acids is 1. The number of nitrogens with one attached hydrogen (secondary N) is 1. The van der Waals surface area contributed by atoms with Crippen LogP contribution in [-0.4, -0.2) is 23.0 Å². The van der Waals surface area contributed by atoms with E-state index in [0.717, 1.165) is 25.0 Å². The van der Waals surface area contributed by atoms with E-state index in [2.05, 4.69) is 10.3 Å². The van der Waals surface area contributed by atoms with E-state index in [-0.39, 0.29) is 29.2 Å². The third kappa shape index (κ3) is 4.04. The number of hydrogen-bond acceptors (Lipinski definition) is 4. The summed E-state index contributed by atoms with van der Waals surface area (Å²) in [6, 6.07) is 3.24. The molecule has 1 atom stereocenters. The number of rotatable bonds is 7. The first-order chi connectivity index (χ1) is 11.9. The van der Waals surface area contributed by atoms with E-state index in [9.17, 15) is 13.6 Å². The van der Waals surface area contributed by atoms with Crippen LogP contribution in [0.2, 0.25) is 0 Å². The van der Waals surface area contributed by atoms with Gasteiger partial charge in [-0.1, -0.05) is 0 Å². The minimum absolute atomic E-state index is 0.118. The Hall–Kier alpha value is -2.28. The fourth-order valence-electron chi connectivity index (χ4n) is 2.88. The van der Waals surface area contributed by atoms with Crippen molar-refractivity contribution in [3.63, 3.8) is 0 Å². The molecule has 2 aromatic rings. The molecule has 1 saturated carbocycles. The molecular formula is C18H21F2N3O2. The summed E-state index contributed by atoms with van der Waals surface area (Å²) in [4.78, 5) is 16.2. The van der Waals surface area contributed by atoms with Crippen LogP contribution >= 0.6 is 0 Å². The number of aryl methyl sites for hydroxylation is 1. The van der Waals surface area contributed by atoms with E-state index < -0.39 is 11.6 Å². The second-order valence-corrected chi connectivity index (χ2v) is 6.69. The van der Waals surface area contributed by atoms with Gasteiger partial charge in [0.25, 0.3) is 0 Å². The van der Waals surface area contributed by atoms with Gasteiger partial charge in [0.1, 0.15) is 11.6 Å². The number of aromatic nitrogens is 1. The van der Waals surface area contributed by atoms with E-state index in [0.29, 0.717) is 24.8 Å². The molecule has 0 spiro atoms. The quantitative estimate of drug-likeness (QED) is 0.805. The van der Waals surface area contributed by atoms with Crippen LogP contribution in [0.5, 0.6) is 0 Å². The lowest BCUT2D eigenvalue weighted by Crippen LogP contribution is -2.53. The number of nitrogens with zero attached hydrogens (tertiary/aromatic N) is 1. The molecule has 3 N–H and O–H groups in total. The lowest BCUT2D eigenvalue weighted by atomic mass is 9.95. The molecule has 0 radical (unpaired) electrons. The fourth-order valence-corrected chi connectivity index (χ4v) is 2.88. The molecule has 1 amide bonds. The number of halogens is 2. The number of oxazole rings is 1. The topological polar surface area (TPSA) is 81.1 Å². The Morgan fingerprint density at radius 2 is 2.20 bits per heavy atom. The molecule has 1 unspecified atom stereocenters. The summed E-state index contributed by atoms with van der Waals surface area (Å²) < 4.78 is 32.2. The smallest absolute Gasteiger partial charge is 0.220 e. The van der Waals surface area contributed by atoms with Gasteiger partial charge in [-0.2, -0.15) is 0 Å². The van der Waals surface area contributed by atoms with Crippen LogP contribution in [0.25, 0.3) is 11.3 Å². The summed E-state index contributed by atoms with van der Waals surface area (Å²) in [5.41, 5.74) is 5.56. The number of amides is 1. The van der Waals surface area contributed by atoms with E-state index in [1.54, 1.807) is 0 Å². The van der Waals surface area contributed by atoms with Gasteiger partial charge in [-0.25, -0.2) is 13.8 Å². The van der Waals surface area contributed by atoms with Gasteiger partial charge in [0, 0.05) is 25.5 Å². The first kappa shape index (κ1) is 17.5. The molecule has 134 valence electrons. The molecule has 25 heavy (non-hydrogen) atoms. The van der Waals surface area contributed by atoms with Crippen molar-refractivity contribution in [1.82, 2.24) is 10.3 Å². The van der Waals surface area contributed by atoms with Crippen LogP contribution in [0.15, 0.2) is 28.8 Å². The van der Waals surface area contributed by atoms with Gasteiger partial charge in [0.15, 0.2) is 11.7 Å². The highest BCUT2D eigenvalue weighted by molar-refractivity contribution is 5.77. The summed E-state index contributed by atoms with van der Waals surface area (Å²) in [6.07, 6.45) is 4.03. The maximum Gasteiger partial charge on any atom is 0.220 e. The Morgan fingerprint density at radius 3 is 2.84 bits per heavy atom. The summed E-state index contributed by atoms with van der Waals surface area (Å²) >= 11 is 0. The number of nitrogens with two attached hydrogens (primary N) is 1. The minimum atomic E-state index is -0.719. The predicted octanol–water partition coefficient (Wildman–Crippen LogP) is 2.80. The number of carbonyl (C=O) groups is 1. The molecule has 1 aromatic carbocycles. The second-order valence-electron chi connectivity index (χ2n) is 6.69. The molecule has 1 aliphatic carbocycles. The Kier molecular flexibility index (Phi) is 4.85. The maximum atomic E-state index is 13.8. The van der Waals surface area contributed by atoms with Crippen molar-refractivity contribution < 1.29 is 18.0 Å². The SMILES string of the molecule is CC(CN)(NC(=O)CCc1ncc(-c2ccc(F)cc2F)o1)C1CC1. The van der Waals surface area contributed by atoms with Crippen LogP contribution in [0.3, 0.4) is 0 Å². The molecule has 7 heteroatoms. The molecule has 1 heterocycles. The summed E-state index contributed by atoms with van der Waals surface area (Å²) in [6.45, 7) is 2.36. The van der Waals surface area contributed by atoms with Gasteiger partial charge in [0.2, 0.25) is 5.91 Å². The zero-order valence-electron chi connectivity index (χ0n) is 14.0. The third-order valence-electron chi connectivity index (χ3n) is 4.64. The van der Waals surface area contributed by atoms with E-state index >= 15 is 0 Å². The predicted molar refractivity (Wildman–Crippen MR) is 88.5 cm³/mol. The summed E-state index contributed by atoms with van der Waals surface area (Å²) in [7, 11) is 0. The molecule has 3 rings (SSSR count). The Labute approximate surface area is 144 Å². The standard InChI is InChI=1S/C18H21F2N3O2/c1-18(10-21,11-2-3-11)23-16(24)6-7-17-22-9-15(25-17)13-5-4-12(19)8-14(13)20/h4-5,8-9,11H,2-3,6-7,10,21H2,1H3,(H,23,24). The van der Waals surface area contributed by atoms with E-state index in [4.69, 9.17) is 10.2 Å². The minimum Gasteiger partial charge on any atom is -0.441 e. The van der Waals surface area contributed by atoms with Crippen LogP contribution in [-0.2, 0) is 11.2 Å². The average Bonchev–Trinajstić information content (AvgIpc) is 3.33. The summed E-state index contributed by atoms with van der Waals surface area (Å²) in [5.74, 6) is -0.517. The Bertz CT molecular complexity index is 773. The second kappa shape index (κ2) is 6.92. The number of benzene rings is 1. The van der Waals surface area contributed by atoms with Crippen molar-refractivity contribution in [2.75, 3.05) is 6.54 Å². The van der Waals surface area contributed by atoms with E-state index in [1.165, 1.54) is 12.3 Å². The van der Waals surface area contributed by atoms with Gasteiger partial charge in [-0.05, 0) is 37.8 Å². The molecule has 1 fully saturated rings. The number of hydrogen-bond donors (Lipinski definition) is 2. The fraction of sp³-hybridized carbons (Fsp3) is 0.444. The van der Waals surface area contributed by atoms with Gasteiger partial charge in [-0.15, -0.1) is 0 Å². The van der Waals surface area contributed by atoms with Crippen molar-refractivity contribution in [3.8, 4) is 11.3 Å². The van der Waals surface area contributed by atoms with Crippen LogP contribution in [0, 0.1) is 17.6 Å². The monoisotopic (exact) mass is 349 g/mol. The van der Waals surface area contributed by atoms with Crippen molar-refractivity contribution >= 4 is 5.91 Å². The van der Waals surface area contributed by atoms with E-state index in [1.807, 2.05) is 6.92 Å². The molecule has 0 saturated heterocycles. The van der Waals surface area contributed by atoms with Crippen LogP contribution in [0.1, 0.15) is 32.1 Å². The molecular weight excluding hydrogens is 328 g/mol. The van der Waals surface area contributed by atoms with Crippen molar-refractivity contribution in [2.45, 2.75) is 38.1 Å². The van der Waals surface area contributed by atoms with Gasteiger partial charge in [0.05, 0.1) is 17.3 Å². The molecule has 5 nitrogen and oxygen atoms in total. The first-order valence-electron chi connectivity index (χ1n) is 8.32. The molecule has 1 aromatic heterocycles. The highest BCUT2D eigenvalue weighted by Gasteiger charge is 2.41. The summed E-state index contributed by atoms with van der Waals surface area (Å²) in [5, 5.41) is 2.99. The normalized spacial score (nSPS) is 16.5. The van der Waals surface area contributed by atoms with Crippen molar-refractivity contribution in [1.29, 1.82) is 0 Å². The van der Waals surface area contributed by atoms with Crippen molar-refractivity contribution in [3.05, 3.63) is 41.9 Å². The average molecular weight is 349 g/mol. The van der Waals surface area contributed by atoms with Crippen LogP contribution in [0.4, 0.5) is 8.78 Å². The van der Waals surface area contributed by atoms with Gasteiger partial charge < -0.3 is 15.5 Å². The Balaban J connectivity index is 1.59. The van der Waals surface area contributed by atoms with Crippen LogP contribution < -0.4 is 11.1 Å². The lowest BCUT2D eigenvalue weighted by molar-refractivity contribution is -0.123. The third-order valence-corrected chi connectivity index (χ3v) is 4.64. The largest absolute Gasteiger partial charge is 0.441 e. The maximum absolute atomic E-state index is 13.8. The van der Waals surface area contributed by atoms with Gasteiger partial charge in [-0.3, -0.25) is 4.79 Å². The molecule has 0 aliphatic heterocycles. The Morgan fingerprint density at radius 1 is 1.44 bits per heavy atom. The van der Waals surface area contributed by atoms with Crippen molar-refractivity contribution in [2.24, 2.45) is 11.7 Å². The van der Waals surface area contributed by atoms with Gasteiger partial charge >= 0.3 is 0 Å².